The van der Waals surface area contributed by atoms with Gasteiger partial charge in [-0.25, -0.2) is 4.98 Å². The first kappa shape index (κ1) is 45.1. The number of carbonyl (C=O) groups is 5. The molecule has 1 saturated heterocycles. The van der Waals surface area contributed by atoms with Crippen molar-refractivity contribution < 1.29 is 38.9 Å². The van der Waals surface area contributed by atoms with Crippen LogP contribution in [0.2, 0.25) is 0 Å². The van der Waals surface area contributed by atoms with Gasteiger partial charge in [0.25, 0.3) is 5.91 Å². The molecule has 55 heavy (non-hydrogen) atoms. The summed E-state index contributed by atoms with van der Waals surface area (Å²) in [6.07, 6.45) is 5.44. The Morgan fingerprint density at radius 1 is 1.09 bits per heavy atom. The molecule has 7 atom stereocenters. The Labute approximate surface area is 329 Å². The Balaban J connectivity index is 1.90. The fraction of sp³-hybridized carbons (Fsp3) is 0.610. The minimum atomic E-state index is -0.986. The van der Waals surface area contributed by atoms with E-state index in [0.29, 0.717) is 30.8 Å². The molecule has 2 heterocycles. The lowest BCUT2D eigenvalue weighted by atomic mass is 9.91. The number of nitrogens with zero attached hydrogens (tertiary/aromatic N) is 3. The lowest BCUT2D eigenvalue weighted by Crippen LogP contribution is -2.58. The van der Waals surface area contributed by atoms with Crippen LogP contribution < -0.4 is 10.6 Å². The predicted octanol–water partition coefficient (Wildman–Crippen LogP) is 5.74. The third kappa shape index (κ3) is 13.4. The van der Waals surface area contributed by atoms with Crippen molar-refractivity contribution in [3.63, 3.8) is 0 Å². The molecule has 0 bridgehead atoms. The van der Waals surface area contributed by atoms with E-state index in [1.165, 1.54) is 19.1 Å². The average Bonchev–Trinajstić information content (AvgIpc) is 3.64. The minimum absolute atomic E-state index is 0.0868. The van der Waals surface area contributed by atoms with Crippen LogP contribution in [0.4, 0.5) is 0 Å². The highest BCUT2D eigenvalue weighted by atomic mass is 32.1. The van der Waals surface area contributed by atoms with Crippen LogP contribution in [0.25, 0.3) is 0 Å². The van der Waals surface area contributed by atoms with Crippen LogP contribution in [0.5, 0.6) is 5.75 Å². The van der Waals surface area contributed by atoms with Gasteiger partial charge in [-0.2, -0.15) is 0 Å². The second kappa shape index (κ2) is 21.7. The van der Waals surface area contributed by atoms with E-state index in [0.717, 1.165) is 42.7 Å². The number of phenolic OH excluding ortho intramolecular Hbond substituents is 1. The van der Waals surface area contributed by atoms with E-state index >= 15 is 0 Å². The normalized spacial score (nSPS) is 17.9. The molecule has 1 fully saturated rings. The van der Waals surface area contributed by atoms with Crippen molar-refractivity contribution in [1.29, 1.82) is 0 Å². The van der Waals surface area contributed by atoms with Crippen molar-refractivity contribution in [3.8, 4) is 5.75 Å². The van der Waals surface area contributed by atoms with Gasteiger partial charge >= 0.3 is 11.9 Å². The molecule has 1 aromatic heterocycles. The number of carbonyl (C=O) groups excluding carboxylic acids is 4. The Hall–Kier alpha value is -4.30. The summed E-state index contributed by atoms with van der Waals surface area (Å²) in [6, 6.07) is 4.44. The molecule has 3 rings (SSSR count). The van der Waals surface area contributed by atoms with E-state index in [9.17, 15) is 34.2 Å². The Morgan fingerprint density at radius 3 is 2.36 bits per heavy atom. The number of amides is 3. The summed E-state index contributed by atoms with van der Waals surface area (Å²) in [4.78, 5) is 74.4. The topological polar surface area (TPSA) is 178 Å². The highest BCUT2D eigenvalue weighted by molar-refractivity contribution is 7.09. The van der Waals surface area contributed by atoms with Crippen molar-refractivity contribution in [3.05, 3.63) is 58.6 Å². The number of carboxylic acids is 1. The number of esters is 1. The molecule has 0 saturated carbocycles. The predicted molar refractivity (Wildman–Crippen MR) is 213 cm³/mol. The maximum Gasteiger partial charge on any atom is 0.306 e. The van der Waals surface area contributed by atoms with Crippen molar-refractivity contribution in [1.82, 2.24) is 25.4 Å². The van der Waals surface area contributed by atoms with E-state index in [-0.39, 0.29) is 54.0 Å². The van der Waals surface area contributed by atoms with Gasteiger partial charge < -0.3 is 30.5 Å². The summed E-state index contributed by atoms with van der Waals surface area (Å²) in [7, 11) is 1.94. The van der Waals surface area contributed by atoms with E-state index in [4.69, 9.17) is 4.74 Å². The number of benzene rings is 1. The SMILES string of the molecule is C=CCCN(C(=O)[C@@H](NC(=O)[C@H]1CCCCN1C)[C@@H](C)CC)[C@H](C[C@@H](OC(C)=O)c1nc(C(=O)N[C@@H](Cc2ccc(O)cc2)C[C@H](C)C(=O)O)cs1)C(C)C. The second-order valence-electron chi connectivity index (χ2n) is 15.2. The van der Waals surface area contributed by atoms with Crippen LogP contribution in [-0.4, -0.2) is 99.0 Å². The van der Waals surface area contributed by atoms with Crippen LogP contribution in [0, 0.1) is 17.8 Å². The molecule has 13 nitrogen and oxygen atoms in total. The van der Waals surface area contributed by atoms with E-state index in [1.54, 1.807) is 35.4 Å². The number of piperidine rings is 1. The van der Waals surface area contributed by atoms with Gasteiger partial charge in [-0.15, -0.1) is 17.9 Å². The number of phenols is 1. The van der Waals surface area contributed by atoms with Gasteiger partial charge in [-0.05, 0) is 75.2 Å². The molecule has 4 N–H and O–H groups in total. The summed E-state index contributed by atoms with van der Waals surface area (Å²) in [5.41, 5.74) is 0.894. The fourth-order valence-electron chi connectivity index (χ4n) is 7.00. The molecule has 0 spiro atoms. The van der Waals surface area contributed by atoms with Crippen LogP contribution >= 0.6 is 11.3 Å². The van der Waals surface area contributed by atoms with Crippen molar-refractivity contribution in [2.75, 3.05) is 20.1 Å². The number of aliphatic carboxylic acids is 1. The number of rotatable bonds is 21. The third-order valence-corrected chi connectivity index (χ3v) is 11.4. The molecule has 14 heteroatoms. The first-order chi connectivity index (χ1) is 26.1. The van der Waals surface area contributed by atoms with Gasteiger partial charge in [0, 0.05) is 37.4 Å². The zero-order valence-electron chi connectivity index (χ0n) is 33.5. The maximum absolute atomic E-state index is 14.6. The molecular weight excluding hydrogens is 723 g/mol. The zero-order chi connectivity index (χ0) is 40.8. The number of hydrogen-bond donors (Lipinski definition) is 4. The van der Waals surface area contributed by atoms with Gasteiger partial charge in [-0.3, -0.25) is 28.9 Å². The molecule has 1 aromatic carbocycles. The first-order valence-electron chi connectivity index (χ1n) is 19.4. The monoisotopic (exact) mass is 783 g/mol. The number of thiazole rings is 1. The Kier molecular flexibility index (Phi) is 17.8. The highest BCUT2D eigenvalue weighted by Gasteiger charge is 2.38. The standard InChI is InChI=1S/C41H61N5O8S/c1-9-11-20-46(40(51)36(26(5)10-2)44-38(50)33-14-12-13-19-45(33)8)34(25(3)4)23-35(54-28(7)47)39-43-32(24-55-39)37(49)42-30(21-27(6)41(52)53)22-29-15-17-31(48)18-16-29/h9,15-18,24-27,30,33-36,48H,1,10-14,19-23H2,2-8H3,(H,42,49)(H,44,50)(H,52,53)/t26-,27-,30+,33+,34+,35+,36-/m0/s1. The Morgan fingerprint density at radius 2 is 1.78 bits per heavy atom. The fourth-order valence-corrected chi connectivity index (χ4v) is 7.84. The van der Waals surface area contributed by atoms with Crippen molar-refractivity contribution in [2.45, 2.75) is 123 Å². The zero-order valence-corrected chi connectivity index (χ0v) is 34.3. The molecule has 304 valence electrons. The summed E-state index contributed by atoms with van der Waals surface area (Å²) < 4.78 is 5.84. The second-order valence-corrected chi connectivity index (χ2v) is 16.1. The molecule has 0 unspecified atom stereocenters. The molecule has 0 radical (unpaired) electrons. The molecule has 3 amide bonds. The molecule has 2 aromatic rings. The summed E-state index contributed by atoms with van der Waals surface area (Å²) in [6.45, 7) is 15.9. The van der Waals surface area contributed by atoms with Crippen LogP contribution in [0.1, 0.15) is 114 Å². The lowest BCUT2D eigenvalue weighted by Gasteiger charge is -2.40. The van der Waals surface area contributed by atoms with E-state index in [2.05, 4.69) is 22.2 Å². The number of carboxylic acid groups (broad SMARTS) is 1. The number of hydrogen-bond acceptors (Lipinski definition) is 10. The van der Waals surface area contributed by atoms with Gasteiger partial charge in [0.2, 0.25) is 11.8 Å². The minimum Gasteiger partial charge on any atom is -0.508 e. The summed E-state index contributed by atoms with van der Waals surface area (Å²) >= 11 is 1.16. The summed E-state index contributed by atoms with van der Waals surface area (Å²) in [5, 5.41) is 27.3. The number of ether oxygens (including phenoxy) is 1. The number of nitrogens with one attached hydrogen (secondary N) is 2. The van der Waals surface area contributed by atoms with Gasteiger partial charge in [0.05, 0.1) is 12.0 Å². The largest absolute Gasteiger partial charge is 0.508 e. The van der Waals surface area contributed by atoms with E-state index in [1.807, 2.05) is 39.6 Å². The van der Waals surface area contributed by atoms with Crippen LogP contribution in [0.3, 0.4) is 0 Å². The van der Waals surface area contributed by atoms with E-state index < -0.39 is 48.0 Å². The number of aromatic nitrogens is 1. The summed E-state index contributed by atoms with van der Waals surface area (Å²) in [5.74, 6) is -3.28. The smallest absolute Gasteiger partial charge is 0.306 e. The van der Waals surface area contributed by atoms with Crippen LogP contribution in [0.15, 0.2) is 42.3 Å². The number of likely N-dealkylation sites (tertiary alicyclic amines) is 1. The van der Waals surface area contributed by atoms with Crippen molar-refractivity contribution in [2.24, 2.45) is 17.8 Å². The number of aromatic hydroxyl groups is 1. The average molecular weight is 784 g/mol. The maximum atomic E-state index is 14.6. The quantitative estimate of drug-likeness (QED) is 0.0902. The van der Waals surface area contributed by atoms with Gasteiger partial charge in [0.15, 0.2) is 6.10 Å². The number of likely N-dealkylation sites (N-methyl/N-ethyl adjacent to an activating group) is 1. The van der Waals surface area contributed by atoms with Crippen LogP contribution in [-0.2, 0) is 30.3 Å². The first-order valence-corrected chi connectivity index (χ1v) is 20.3. The lowest BCUT2D eigenvalue weighted by molar-refractivity contribution is -0.149. The molecule has 1 aliphatic heterocycles. The third-order valence-electron chi connectivity index (χ3n) is 10.5. The molecular formula is C41H61N5O8S. The van der Waals surface area contributed by atoms with Crippen molar-refractivity contribution >= 4 is 41.0 Å². The molecule has 0 aliphatic carbocycles. The van der Waals surface area contributed by atoms with Gasteiger partial charge in [0.1, 0.15) is 22.5 Å². The molecule has 1 aliphatic rings. The Bertz CT molecular complexity index is 1600. The highest BCUT2D eigenvalue weighted by Crippen LogP contribution is 2.32. The van der Waals surface area contributed by atoms with Gasteiger partial charge in [-0.1, -0.05) is 65.7 Å².